The standard InChI is InChI=1S/C19H22N4O/c1-12(24)20-15-7-9-16(10-8-15)21-18-11-17(13-3-2-4-13)22-19(23-18)14-5-6-14/h7-11,13-14H,2-6H2,1H3,(H,20,24)(H,21,22,23). The summed E-state index contributed by atoms with van der Waals surface area (Å²) in [4.78, 5) is 20.6. The normalized spacial score (nSPS) is 17.2. The van der Waals surface area contributed by atoms with Gasteiger partial charge in [0, 0.05) is 41.9 Å². The number of carbonyl (C=O) groups excluding carboxylic acids is 1. The van der Waals surface area contributed by atoms with Crippen molar-refractivity contribution in [1.29, 1.82) is 0 Å². The lowest BCUT2D eigenvalue weighted by Gasteiger charge is -2.25. The number of amides is 1. The summed E-state index contributed by atoms with van der Waals surface area (Å²) in [6, 6.07) is 9.77. The molecule has 2 fully saturated rings. The zero-order valence-electron chi connectivity index (χ0n) is 13.9. The van der Waals surface area contributed by atoms with Crippen LogP contribution in [0.15, 0.2) is 30.3 Å². The van der Waals surface area contributed by atoms with Gasteiger partial charge in [-0.15, -0.1) is 0 Å². The maximum Gasteiger partial charge on any atom is 0.221 e. The van der Waals surface area contributed by atoms with Crippen LogP contribution in [0.2, 0.25) is 0 Å². The second-order valence-corrected chi connectivity index (χ2v) is 6.82. The minimum atomic E-state index is -0.0641. The summed E-state index contributed by atoms with van der Waals surface area (Å²) < 4.78 is 0. The van der Waals surface area contributed by atoms with E-state index < -0.39 is 0 Å². The van der Waals surface area contributed by atoms with Gasteiger partial charge in [0.25, 0.3) is 0 Å². The van der Waals surface area contributed by atoms with Crippen LogP contribution in [0.5, 0.6) is 0 Å². The first-order chi connectivity index (χ1) is 11.7. The highest BCUT2D eigenvalue weighted by Gasteiger charge is 2.29. The number of benzene rings is 1. The van der Waals surface area contributed by atoms with Crippen LogP contribution < -0.4 is 10.6 Å². The first-order valence-electron chi connectivity index (χ1n) is 8.71. The van der Waals surface area contributed by atoms with Crippen LogP contribution in [0.25, 0.3) is 0 Å². The van der Waals surface area contributed by atoms with Gasteiger partial charge in [0.1, 0.15) is 11.6 Å². The van der Waals surface area contributed by atoms with Gasteiger partial charge in [-0.05, 0) is 49.9 Å². The lowest BCUT2D eigenvalue weighted by Crippen LogP contribution is -2.13. The highest BCUT2D eigenvalue weighted by molar-refractivity contribution is 5.88. The molecule has 1 heterocycles. The number of hydrogen-bond acceptors (Lipinski definition) is 4. The summed E-state index contributed by atoms with van der Waals surface area (Å²) in [7, 11) is 0. The molecular weight excluding hydrogens is 300 g/mol. The van der Waals surface area contributed by atoms with Crippen molar-refractivity contribution in [3.8, 4) is 0 Å². The number of aromatic nitrogens is 2. The van der Waals surface area contributed by atoms with Crippen molar-refractivity contribution in [2.45, 2.75) is 50.9 Å². The molecule has 124 valence electrons. The van der Waals surface area contributed by atoms with E-state index in [4.69, 9.17) is 9.97 Å². The molecule has 24 heavy (non-hydrogen) atoms. The van der Waals surface area contributed by atoms with Gasteiger partial charge in [0.2, 0.25) is 5.91 Å². The zero-order chi connectivity index (χ0) is 16.5. The highest BCUT2D eigenvalue weighted by Crippen LogP contribution is 2.41. The molecule has 2 aliphatic carbocycles. The summed E-state index contributed by atoms with van der Waals surface area (Å²) in [6.07, 6.45) is 6.21. The Balaban J connectivity index is 1.54. The third kappa shape index (κ3) is 3.40. The second-order valence-electron chi connectivity index (χ2n) is 6.82. The van der Waals surface area contributed by atoms with Gasteiger partial charge in [-0.25, -0.2) is 9.97 Å². The molecule has 0 radical (unpaired) electrons. The molecule has 2 saturated carbocycles. The summed E-state index contributed by atoms with van der Waals surface area (Å²) in [5.41, 5.74) is 2.95. The Morgan fingerprint density at radius 1 is 1.00 bits per heavy atom. The molecule has 0 aliphatic heterocycles. The minimum Gasteiger partial charge on any atom is -0.340 e. The SMILES string of the molecule is CC(=O)Nc1ccc(Nc2cc(C3CCC3)nc(C3CC3)n2)cc1. The third-order valence-electron chi connectivity index (χ3n) is 4.71. The average molecular weight is 322 g/mol. The Bertz CT molecular complexity index is 748. The maximum atomic E-state index is 11.1. The molecule has 0 unspecified atom stereocenters. The number of hydrogen-bond donors (Lipinski definition) is 2. The van der Waals surface area contributed by atoms with Gasteiger partial charge < -0.3 is 10.6 Å². The first-order valence-corrected chi connectivity index (χ1v) is 8.71. The van der Waals surface area contributed by atoms with Crippen LogP contribution in [0, 0.1) is 0 Å². The number of nitrogens with one attached hydrogen (secondary N) is 2. The van der Waals surface area contributed by atoms with Gasteiger partial charge in [0.15, 0.2) is 0 Å². The van der Waals surface area contributed by atoms with Crippen molar-refractivity contribution >= 4 is 23.1 Å². The Kier molecular flexibility index (Phi) is 3.92. The van der Waals surface area contributed by atoms with Crippen molar-refractivity contribution in [3.05, 3.63) is 41.9 Å². The molecule has 5 heteroatoms. The molecule has 2 N–H and O–H groups in total. The largest absolute Gasteiger partial charge is 0.340 e. The number of nitrogens with zero attached hydrogens (tertiary/aromatic N) is 2. The lowest BCUT2D eigenvalue weighted by atomic mass is 9.83. The predicted octanol–water partition coefficient (Wildman–Crippen LogP) is 4.32. The first kappa shape index (κ1) is 15.1. The summed E-state index contributed by atoms with van der Waals surface area (Å²) in [6.45, 7) is 1.51. The third-order valence-corrected chi connectivity index (χ3v) is 4.71. The van der Waals surface area contributed by atoms with Crippen LogP contribution in [0.3, 0.4) is 0 Å². The van der Waals surface area contributed by atoms with Gasteiger partial charge in [-0.2, -0.15) is 0 Å². The summed E-state index contributed by atoms with van der Waals surface area (Å²) in [5, 5.41) is 6.16. The summed E-state index contributed by atoms with van der Waals surface area (Å²) in [5.74, 6) is 2.96. The molecule has 5 nitrogen and oxygen atoms in total. The van der Waals surface area contributed by atoms with Crippen molar-refractivity contribution in [1.82, 2.24) is 9.97 Å². The number of rotatable bonds is 5. The van der Waals surface area contributed by atoms with E-state index in [2.05, 4.69) is 16.7 Å². The molecular formula is C19H22N4O. The van der Waals surface area contributed by atoms with Gasteiger partial charge in [-0.3, -0.25) is 4.79 Å². The smallest absolute Gasteiger partial charge is 0.221 e. The number of anilines is 3. The van der Waals surface area contributed by atoms with Crippen molar-refractivity contribution in [3.63, 3.8) is 0 Å². The van der Waals surface area contributed by atoms with E-state index in [0.29, 0.717) is 11.8 Å². The monoisotopic (exact) mass is 322 g/mol. The Hall–Kier alpha value is -2.43. The Labute approximate surface area is 141 Å². The Morgan fingerprint density at radius 2 is 1.71 bits per heavy atom. The van der Waals surface area contributed by atoms with Crippen molar-refractivity contribution in [2.24, 2.45) is 0 Å². The fourth-order valence-electron chi connectivity index (χ4n) is 2.97. The molecule has 1 amide bonds. The highest BCUT2D eigenvalue weighted by atomic mass is 16.1. The molecule has 4 rings (SSSR count). The van der Waals surface area contributed by atoms with E-state index in [9.17, 15) is 4.79 Å². The zero-order valence-corrected chi connectivity index (χ0v) is 13.9. The van der Waals surface area contributed by atoms with Crippen LogP contribution in [-0.2, 0) is 4.79 Å². The molecule has 1 aromatic carbocycles. The molecule has 0 bridgehead atoms. The van der Waals surface area contributed by atoms with Crippen LogP contribution in [0.4, 0.5) is 17.2 Å². The van der Waals surface area contributed by atoms with E-state index >= 15 is 0 Å². The van der Waals surface area contributed by atoms with E-state index in [1.54, 1.807) is 0 Å². The van der Waals surface area contributed by atoms with Crippen molar-refractivity contribution in [2.75, 3.05) is 10.6 Å². The second kappa shape index (κ2) is 6.23. The fraction of sp³-hybridized carbons (Fsp3) is 0.421. The quantitative estimate of drug-likeness (QED) is 0.860. The van der Waals surface area contributed by atoms with Gasteiger partial charge in [-0.1, -0.05) is 6.42 Å². The molecule has 0 spiro atoms. The van der Waals surface area contributed by atoms with E-state index in [1.807, 2.05) is 24.3 Å². The van der Waals surface area contributed by atoms with Crippen LogP contribution >= 0.6 is 0 Å². The van der Waals surface area contributed by atoms with Gasteiger partial charge >= 0.3 is 0 Å². The van der Waals surface area contributed by atoms with E-state index in [0.717, 1.165) is 23.0 Å². The topological polar surface area (TPSA) is 66.9 Å². The molecule has 0 saturated heterocycles. The fourth-order valence-corrected chi connectivity index (χ4v) is 2.97. The van der Waals surface area contributed by atoms with E-state index in [1.165, 1.54) is 44.7 Å². The lowest BCUT2D eigenvalue weighted by molar-refractivity contribution is -0.114. The van der Waals surface area contributed by atoms with Crippen molar-refractivity contribution < 1.29 is 4.79 Å². The summed E-state index contributed by atoms with van der Waals surface area (Å²) >= 11 is 0. The minimum absolute atomic E-state index is 0.0641. The molecule has 2 aromatic rings. The van der Waals surface area contributed by atoms with Crippen LogP contribution in [0.1, 0.15) is 62.4 Å². The van der Waals surface area contributed by atoms with Crippen LogP contribution in [-0.4, -0.2) is 15.9 Å². The van der Waals surface area contributed by atoms with E-state index in [-0.39, 0.29) is 5.91 Å². The average Bonchev–Trinajstić information content (AvgIpc) is 3.31. The molecule has 2 aliphatic rings. The predicted molar refractivity (Wildman–Crippen MR) is 94.6 cm³/mol. The molecule has 0 atom stereocenters. The van der Waals surface area contributed by atoms with Gasteiger partial charge in [0.05, 0.1) is 0 Å². The maximum absolute atomic E-state index is 11.1. The molecule has 1 aromatic heterocycles. The number of carbonyl (C=O) groups is 1. The Morgan fingerprint density at radius 3 is 2.29 bits per heavy atom.